The summed E-state index contributed by atoms with van der Waals surface area (Å²) in [6.07, 6.45) is 0. The Labute approximate surface area is 149 Å². The van der Waals surface area contributed by atoms with Crippen molar-refractivity contribution in [3.63, 3.8) is 0 Å². The highest BCUT2D eigenvalue weighted by molar-refractivity contribution is 9.08. The average Bonchev–Trinajstić information content (AvgIpc) is 2.58. The van der Waals surface area contributed by atoms with E-state index in [1.807, 2.05) is 18.2 Å². The van der Waals surface area contributed by atoms with Gasteiger partial charge in [-0.1, -0.05) is 46.3 Å². The van der Waals surface area contributed by atoms with Gasteiger partial charge in [0.05, 0.1) is 5.56 Å². The Hall–Kier alpha value is -1.98. The summed E-state index contributed by atoms with van der Waals surface area (Å²) in [5.74, 6) is -0.780. The summed E-state index contributed by atoms with van der Waals surface area (Å²) in [5.41, 5.74) is 1.67. The van der Waals surface area contributed by atoms with E-state index in [0.29, 0.717) is 16.5 Å². The molecule has 0 atom stereocenters. The topological polar surface area (TPSA) is 52.6 Å². The van der Waals surface area contributed by atoms with E-state index in [1.54, 1.807) is 45.0 Å². The third-order valence-corrected chi connectivity index (χ3v) is 3.72. The summed E-state index contributed by atoms with van der Waals surface area (Å²) >= 11 is 3.37. The van der Waals surface area contributed by atoms with E-state index in [-0.39, 0.29) is 11.3 Å². The van der Waals surface area contributed by atoms with Crippen molar-refractivity contribution < 1.29 is 19.4 Å². The predicted molar refractivity (Wildman–Crippen MR) is 95.2 cm³/mol. The molecule has 0 aliphatic heterocycles. The number of carbonyl (C=O) groups is 2. The molecule has 0 fully saturated rings. The molecule has 2 aromatic rings. The lowest BCUT2D eigenvalue weighted by molar-refractivity contribution is -0.301. The largest absolute Gasteiger partial charge is 0.373 e. The van der Waals surface area contributed by atoms with Gasteiger partial charge < -0.3 is 0 Å². The zero-order valence-corrected chi connectivity index (χ0v) is 15.4. The zero-order chi connectivity index (χ0) is 17.7. The molecule has 0 aromatic heterocycles. The minimum Gasteiger partial charge on any atom is -0.292 e. The Balaban J connectivity index is 2.20. The molecule has 5 heteroatoms. The Morgan fingerprint density at radius 3 is 2.17 bits per heavy atom. The fourth-order valence-electron chi connectivity index (χ4n) is 1.96. The van der Waals surface area contributed by atoms with Crippen molar-refractivity contribution in [1.29, 1.82) is 0 Å². The van der Waals surface area contributed by atoms with Crippen LogP contribution in [0, 0.1) is 0 Å². The number of ketones is 1. The Kier molecular flexibility index (Phi) is 5.91. The fraction of sp³-hybridized carbons (Fsp3) is 0.263. The van der Waals surface area contributed by atoms with Gasteiger partial charge in [-0.3, -0.25) is 9.68 Å². The number of benzene rings is 2. The predicted octanol–water partition coefficient (Wildman–Crippen LogP) is 4.70. The summed E-state index contributed by atoms with van der Waals surface area (Å²) in [7, 11) is 0. The average molecular weight is 391 g/mol. The molecule has 0 saturated carbocycles. The molecule has 2 aromatic carbocycles. The van der Waals surface area contributed by atoms with Gasteiger partial charge in [0.2, 0.25) is 0 Å². The van der Waals surface area contributed by atoms with Crippen LogP contribution in [0.2, 0.25) is 0 Å². The number of hydrogen-bond acceptors (Lipinski definition) is 4. The van der Waals surface area contributed by atoms with Crippen LogP contribution in [0.15, 0.2) is 48.5 Å². The van der Waals surface area contributed by atoms with E-state index in [0.717, 1.165) is 5.56 Å². The molecule has 126 valence electrons. The smallest absolute Gasteiger partial charge is 0.292 e. The van der Waals surface area contributed by atoms with E-state index in [9.17, 15) is 9.59 Å². The molecule has 0 unspecified atom stereocenters. The van der Waals surface area contributed by atoms with Crippen LogP contribution in [-0.4, -0.2) is 17.4 Å². The molecule has 0 aliphatic rings. The van der Waals surface area contributed by atoms with Gasteiger partial charge in [0.15, 0.2) is 5.78 Å². The van der Waals surface area contributed by atoms with E-state index in [4.69, 9.17) is 9.78 Å². The third kappa shape index (κ3) is 5.01. The quantitative estimate of drug-likeness (QED) is 0.321. The Morgan fingerprint density at radius 1 is 0.958 bits per heavy atom. The second-order valence-corrected chi connectivity index (χ2v) is 6.87. The van der Waals surface area contributed by atoms with Crippen molar-refractivity contribution >= 4 is 27.7 Å². The summed E-state index contributed by atoms with van der Waals surface area (Å²) < 4.78 is 0. The van der Waals surface area contributed by atoms with Crippen LogP contribution in [0.5, 0.6) is 0 Å². The number of alkyl halides is 1. The second-order valence-electron chi connectivity index (χ2n) is 6.31. The number of rotatable bonds is 5. The van der Waals surface area contributed by atoms with Crippen LogP contribution in [0.25, 0.3) is 0 Å². The third-order valence-electron chi connectivity index (χ3n) is 3.07. The number of halogens is 1. The summed E-state index contributed by atoms with van der Waals surface area (Å²) in [4.78, 5) is 34.5. The molecule has 0 radical (unpaired) electrons. The van der Waals surface area contributed by atoms with Crippen LogP contribution in [0.4, 0.5) is 0 Å². The van der Waals surface area contributed by atoms with Crippen LogP contribution in [-0.2, 0) is 15.1 Å². The number of hydrogen-bond donors (Lipinski definition) is 0. The molecular formula is C19H19BrO4. The first-order valence-corrected chi connectivity index (χ1v) is 8.62. The highest BCUT2D eigenvalue weighted by Gasteiger charge is 2.18. The van der Waals surface area contributed by atoms with E-state index in [1.165, 1.54) is 6.07 Å². The van der Waals surface area contributed by atoms with Crippen molar-refractivity contribution in [3.05, 3.63) is 70.8 Å². The first-order valence-electron chi connectivity index (χ1n) is 7.50. The van der Waals surface area contributed by atoms with Crippen molar-refractivity contribution in [3.8, 4) is 0 Å². The summed E-state index contributed by atoms with van der Waals surface area (Å²) in [6, 6.07) is 13.8. The molecule has 4 nitrogen and oxygen atoms in total. The van der Waals surface area contributed by atoms with Gasteiger partial charge in [-0.15, -0.1) is 0 Å². The highest BCUT2D eigenvalue weighted by atomic mass is 79.9. The molecule has 24 heavy (non-hydrogen) atoms. The maximum absolute atomic E-state index is 12.6. The molecule has 0 saturated heterocycles. The standard InChI is InChI=1S/C19H19BrO4/c1-19(2,3)24-23-18(22)16-9-5-8-15(11-16)17(21)14-7-4-6-13(10-14)12-20/h4-11H,12H2,1-3H3. The van der Waals surface area contributed by atoms with Gasteiger partial charge >= 0.3 is 5.97 Å². The van der Waals surface area contributed by atoms with Gasteiger partial charge in [-0.2, -0.15) is 4.89 Å². The molecule has 0 heterocycles. The highest BCUT2D eigenvalue weighted by Crippen LogP contribution is 2.16. The maximum atomic E-state index is 12.6. The van der Waals surface area contributed by atoms with Gasteiger partial charge in [-0.25, -0.2) is 4.79 Å². The lowest BCUT2D eigenvalue weighted by Crippen LogP contribution is -2.22. The van der Waals surface area contributed by atoms with Gasteiger partial charge in [0.25, 0.3) is 0 Å². The summed E-state index contributed by atoms with van der Waals surface area (Å²) in [5, 5.41) is 0.671. The molecule has 0 bridgehead atoms. The van der Waals surface area contributed by atoms with E-state index >= 15 is 0 Å². The molecule has 0 N–H and O–H groups in total. The first-order chi connectivity index (χ1) is 11.3. The van der Waals surface area contributed by atoms with Crippen LogP contribution in [0.3, 0.4) is 0 Å². The number of carbonyl (C=O) groups excluding carboxylic acids is 2. The maximum Gasteiger partial charge on any atom is 0.373 e. The molecule has 0 aliphatic carbocycles. The second kappa shape index (κ2) is 7.73. The van der Waals surface area contributed by atoms with Gasteiger partial charge in [0, 0.05) is 16.5 Å². The molecular weight excluding hydrogens is 372 g/mol. The minimum atomic E-state index is -0.631. The van der Waals surface area contributed by atoms with E-state index in [2.05, 4.69) is 15.9 Å². The molecule has 0 spiro atoms. The van der Waals surface area contributed by atoms with Crippen molar-refractivity contribution in [2.45, 2.75) is 31.7 Å². The van der Waals surface area contributed by atoms with E-state index < -0.39 is 11.6 Å². The Morgan fingerprint density at radius 2 is 1.54 bits per heavy atom. The van der Waals surface area contributed by atoms with Gasteiger partial charge in [0.1, 0.15) is 5.60 Å². The SMILES string of the molecule is CC(C)(C)OOC(=O)c1cccc(C(=O)c2cccc(CBr)c2)c1. The first kappa shape index (κ1) is 18.4. The lowest BCUT2D eigenvalue weighted by atomic mass is 10.00. The molecule has 0 amide bonds. The fourth-order valence-corrected chi connectivity index (χ4v) is 2.31. The lowest BCUT2D eigenvalue weighted by Gasteiger charge is -2.16. The van der Waals surface area contributed by atoms with Crippen molar-refractivity contribution in [1.82, 2.24) is 0 Å². The monoisotopic (exact) mass is 390 g/mol. The van der Waals surface area contributed by atoms with Crippen molar-refractivity contribution in [2.24, 2.45) is 0 Å². The van der Waals surface area contributed by atoms with Crippen LogP contribution in [0.1, 0.15) is 52.6 Å². The van der Waals surface area contributed by atoms with Gasteiger partial charge in [-0.05, 0) is 44.5 Å². The minimum absolute atomic E-state index is 0.149. The Bertz CT molecular complexity index is 747. The summed E-state index contributed by atoms with van der Waals surface area (Å²) in [6.45, 7) is 5.32. The molecule has 2 rings (SSSR count). The van der Waals surface area contributed by atoms with Crippen LogP contribution >= 0.6 is 15.9 Å². The zero-order valence-electron chi connectivity index (χ0n) is 13.8. The normalized spacial score (nSPS) is 11.2. The van der Waals surface area contributed by atoms with Crippen molar-refractivity contribution in [2.75, 3.05) is 0 Å². The van der Waals surface area contributed by atoms with Crippen LogP contribution < -0.4 is 0 Å².